The van der Waals surface area contributed by atoms with Gasteiger partial charge in [0.05, 0.1) is 17.5 Å². The van der Waals surface area contributed by atoms with Crippen LogP contribution < -0.4 is 4.90 Å². The Morgan fingerprint density at radius 2 is 1.57 bits per heavy atom. The van der Waals surface area contributed by atoms with Crippen LogP contribution in [0.2, 0.25) is 0 Å². The van der Waals surface area contributed by atoms with Gasteiger partial charge in [0.15, 0.2) is 0 Å². The Hall–Kier alpha value is -1.64. The number of hydrogen-bond acceptors (Lipinski definition) is 2. The van der Waals surface area contributed by atoms with Crippen molar-refractivity contribution in [1.29, 1.82) is 0 Å². The second kappa shape index (κ2) is 3.96. The van der Waals surface area contributed by atoms with Crippen LogP contribution in [0.25, 0.3) is 0 Å². The van der Waals surface area contributed by atoms with Crippen LogP contribution in [0.15, 0.2) is 18.2 Å². The third kappa shape index (κ3) is 1.44. The van der Waals surface area contributed by atoms with E-state index in [9.17, 15) is 9.59 Å². The molecule has 4 aliphatic rings. The highest BCUT2D eigenvalue weighted by molar-refractivity contribution is 6.22. The molecule has 3 aliphatic carbocycles. The van der Waals surface area contributed by atoms with Gasteiger partial charge in [0.1, 0.15) is 0 Å². The summed E-state index contributed by atoms with van der Waals surface area (Å²) in [4.78, 5) is 27.1. The Bertz CT molecular complexity index is 637. The molecule has 4 unspecified atom stereocenters. The number of anilines is 1. The number of nitrogens with zero attached hydrogens (tertiary/aromatic N) is 1. The second-order valence-corrected chi connectivity index (χ2v) is 7.20. The van der Waals surface area contributed by atoms with Crippen molar-refractivity contribution in [2.45, 2.75) is 38.5 Å². The maximum absolute atomic E-state index is 12.8. The quantitative estimate of drug-likeness (QED) is 0.742. The van der Waals surface area contributed by atoms with Crippen LogP contribution in [0, 0.1) is 23.7 Å². The molecular weight excluding hydrogens is 262 g/mol. The highest BCUT2D eigenvalue weighted by Gasteiger charge is 2.61. The fourth-order valence-corrected chi connectivity index (χ4v) is 5.36. The van der Waals surface area contributed by atoms with Gasteiger partial charge in [0.2, 0.25) is 11.8 Å². The number of imide groups is 1. The van der Waals surface area contributed by atoms with Gasteiger partial charge in [-0.25, -0.2) is 0 Å². The van der Waals surface area contributed by atoms with E-state index in [0.717, 1.165) is 37.8 Å². The molecule has 0 aromatic heterocycles. The molecule has 0 N–H and O–H groups in total. The number of fused-ring (bicyclic) bond motifs is 6. The summed E-state index contributed by atoms with van der Waals surface area (Å²) in [6.45, 7) is 0. The zero-order valence-corrected chi connectivity index (χ0v) is 12.0. The van der Waals surface area contributed by atoms with E-state index in [1.54, 1.807) is 0 Å². The highest BCUT2D eigenvalue weighted by atomic mass is 16.2. The maximum Gasteiger partial charge on any atom is 0.237 e. The van der Waals surface area contributed by atoms with Crippen molar-refractivity contribution < 1.29 is 9.59 Å². The first kappa shape index (κ1) is 12.0. The van der Waals surface area contributed by atoms with Gasteiger partial charge in [0.25, 0.3) is 0 Å². The van der Waals surface area contributed by atoms with Crippen molar-refractivity contribution in [3.05, 3.63) is 29.3 Å². The lowest BCUT2D eigenvalue weighted by Gasteiger charge is -2.19. The summed E-state index contributed by atoms with van der Waals surface area (Å²) in [7, 11) is 0. The molecule has 1 aromatic rings. The van der Waals surface area contributed by atoms with Crippen LogP contribution in [0.1, 0.15) is 36.8 Å². The van der Waals surface area contributed by atoms with Crippen molar-refractivity contribution in [3.8, 4) is 0 Å². The van der Waals surface area contributed by atoms with E-state index in [1.807, 2.05) is 6.07 Å². The summed E-state index contributed by atoms with van der Waals surface area (Å²) in [5.41, 5.74) is 3.53. The molecule has 5 rings (SSSR count). The average molecular weight is 281 g/mol. The standard InChI is InChI=1S/C18H19NO2/c20-17-15-12-4-5-13(8-12)16(15)18(21)19(17)14-7-6-10-2-1-3-11(10)9-14/h6-7,9,12-13,15-16H,1-5,8H2. The largest absolute Gasteiger partial charge is 0.274 e. The molecular formula is C18H19NO2. The second-order valence-electron chi connectivity index (χ2n) is 7.20. The van der Waals surface area contributed by atoms with Crippen LogP contribution in [0.3, 0.4) is 0 Å². The number of benzene rings is 1. The van der Waals surface area contributed by atoms with Gasteiger partial charge in [-0.3, -0.25) is 14.5 Å². The lowest BCUT2D eigenvalue weighted by atomic mass is 9.81. The summed E-state index contributed by atoms with van der Waals surface area (Å²) >= 11 is 0. The van der Waals surface area contributed by atoms with E-state index in [4.69, 9.17) is 0 Å². The monoisotopic (exact) mass is 281 g/mol. The number of rotatable bonds is 1. The van der Waals surface area contributed by atoms with Crippen LogP contribution in [-0.2, 0) is 22.4 Å². The Balaban J connectivity index is 1.55. The number of hydrogen-bond donors (Lipinski definition) is 0. The number of carbonyl (C=O) groups is 2. The summed E-state index contributed by atoms with van der Waals surface area (Å²) < 4.78 is 0. The first-order chi connectivity index (χ1) is 10.2. The molecule has 3 heteroatoms. The van der Waals surface area contributed by atoms with Gasteiger partial charge < -0.3 is 0 Å². The summed E-state index contributed by atoms with van der Waals surface area (Å²) in [5.74, 6) is 1.08. The van der Waals surface area contributed by atoms with Crippen LogP contribution in [-0.4, -0.2) is 11.8 Å². The SMILES string of the molecule is O=C1C2C3CCC(C3)C2C(=O)N1c1ccc2c(c1)CCC2. The fraction of sp³-hybridized carbons (Fsp3) is 0.556. The Kier molecular flexibility index (Phi) is 2.26. The molecule has 3 nitrogen and oxygen atoms in total. The summed E-state index contributed by atoms with van der Waals surface area (Å²) in [6, 6.07) is 6.17. The smallest absolute Gasteiger partial charge is 0.237 e. The lowest BCUT2D eigenvalue weighted by Crippen LogP contribution is -2.32. The topological polar surface area (TPSA) is 37.4 Å². The van der Waals surface area contributed by atoms with Crippen molar-refractivity contribution in [3.63, 3.8) is 0 Å². The van der Waals surface area contributed by atoms with Crippen molar-refractivity contribution in [2.75, 3.05) is 4.90 Å². The first-order valence-corrected chi connectivity index (χ1v) is 8.23. The van der Waals surface area contributed by atoms with Gasteiger partial charge in [-0.2, -0.15) is 0 Å². The van der Waals surface area contributed by atoms with Crippen molar-refractivity contribution in [2.24, 2.45) is 23.7 Å². The highest BCUT2D eigenvalue weighted by Crippen LogP contribution is 2.56. The first-order valence-electron chi connectivity index (χ1n) is 8.23. The molecule has 0 spiro atoms. The summed E-state index contributed by atoms with van der Waals surface area (Å²) in [5, 5.41) is 0. The zero-order valence-electron chi connectivity index (χ0n) is 12.0. The predicted octanol–water partition coefficient (Wildman–Crippen LogP) is 2.71. The summed E-state index contributed by atoms with van der Waals surface area (Å²) in [6.07, 6.45) is 6.79. The molecule has 4 atom stereocenters. The Labute approximate surface area is 124 Å². The van der Waals surface area contributed by atoms with Gasteiger partial charge in [0, 0.05) is 0 Å². The molecule has 2 amide bonds. The van der Waals surface area contributed by atoms with E-state index >= 15 is 0 Å². The van der Waals surface area contributed by atoms with Gasteiger partial charge in [-0.15, -0.1) is 0 Å². The third-order valence-electron chi connectivity index (χ3n) is 6.27. The average Bonchev–Trinajstić information content (AvgIpc) is 3.22. The molecule has 1 aromatic carbocycles. The molecule has 2 saturated carbocycles. The third-order valence-corrected chi connectivity index (χ3v) is 6.27. The van der Waals surface area contributed by atoms with E-state index in [1.165, 1.54) is 22.4 Å². The predicted molar refractivity (Wildman–Crippen MR) is 78.8 cm³/mol. The molecule has 21 heavy (non-hydrogen) atoms. The van der Waals surface area contributed by atoms with E-state index < -0.39 is 0 Å². The minimum Gasteiger partial charge on any atom is -0.274 e. The maximum atomic E-state index is 12.8. The van der Waals surface area contributed by atoms with Crippen molar-refractivity contribution in [1.82, 2.24) is 0 Å². The zero-order chi connectivity index (χ0) is 14.1. The lowest BCUT2D eigenvalue weighted by molar-refractivity contribution is -0.123. The molecule has 2 bridgehead atoms. The Morgan fingerprint density at radius 1 is 0.905 bits per heavy atom. The van der Waals surface area contributed by atoms with Gasteiger partial charge in [-0.1, -0.05) is 6.07 Å². The normalized spacial score (nSPS) is 36.5. The van der Waals surface area contributed by atoms with E-state index in [0.29, 0.717) is 11.8 Å². The fourth-order valence-electron chi connectivity index (χ4n) is 5.36. The number of amides is 2. The molecule has 1 saturated heterocycles. The minimum absolute atomic E-state index is 0.00972. The minimum atomic E-state index is -0.00972. The van der Waals surface area contributed by atoms with E-state index in [-0.39, 0.29) is 23.7 Å². The molecule has 108 valence electrons. The van der Waals surface area contributed by atoms with E-state index in [2.05, 4.69) is 12.1 Å². The van der Waals surface area contributed by atoms with Gasteiger partial charge >= 0.3 is 0 Å². The molecule has 1 aliphatic heterocycles. The Morgan fingerprint density at radius 3 is 2.29 bits per heavy atom. The molecule has 1 heterocycles. The van der Waals surface area contributed by atoms with Gasteiger partial charge in [-0.05, 0) is 73.6 Å². The number of aryl methyl sites for hydroxylation is 2. The molecule has 0 radical (unpaired) electrons. The molecule has 3 fully saturated rings. The number of carbonyl (C=O) groups excluding carboxylic acids is 2. The van der Waals surface area contributed by atoms with Crippen LogP contribution >= 0.6 is 0 Å². The van der Waals surface area contributed by atoms with Crippen molar-refractivity contribution >= 4 is 17.5 Å². The van der Waals surface area contributed by atoms with Crippen LogP contribution in [0.5, 0.6) is 0 Å². The van der Waals surface area contributed by atoms with Crippen LogP contribution in [0.4, 0.5) is 5.69 Å².